The van der Waals surface area contributed by atoms with E-state index >= 15 is 0 Å². The molecule has 1 aromatic carbocycles. The Bertz CT molecular complexity index is 690. The van der Waals surface area contributed by atoms with Gasteiger partial charge in [0.2, 0.25) is 0 Å². The molecule has 0 aromatic heterocycles. The normalized spacial score (nSPS) is 11.5. The van der Waals surface area contributed by atoms with E-state index in [-0.39, 0.29) is 18.4 Å². The summed E-state index contributed by atoms with van der Waals surface area (Å²) in [7, 11) is 0. The molecule has 0 saturated carbocycles. The predicted molar refractivity (Wildman–Crippen MR) is 134 cm³/mol. The van der Waals surface area contributed by atoms with E-state index in [9.17, 15) is 9.59 Å². The highest BCUT2D eigenvalue weighted by atomic mass is 16.5. The summed E-state index contributed by atoms with van der Waals surface area (Å²) in [6.45, 7) is 6.26. The van der Waals surface area contributed by atoms with Crippen molar-refractivity contribution in [2.45, 2.75) is 129 Å². The quantitative estimate of drug-likeness (QED) is 0.207. The molecule has 33 heavy (non-hydrogen) atoms. The Morgan fingerprint density at radius 3 is 1.64 bits per heavy atom. The van der Waals surface area contributed by atoms with Crippen LogP contribution in [0.15, 0.2) is 18.2 Å². The molecule has 0 aliphatic carbocycles. The van der Waals surface area contributed by atoms with Gasteiger partial charge >= 0.3 is 11.9 Å². The summed E-state index contributed by atoms with van der Waals surface area (Å²) >= 11 is 0. The van der Waals surface area contributed by atoms with E-state index < -0.39 is 11.9 Å². The van der Waals surface area contributed by atoms with Gasteiger partial charge in [-0.2, -0.15) is 0 Å². The number of aryl methyl sites for hydroxylation is 1. The van der Waals surface area contributed by atoms with Crippen LogP contribution in [-0.2, 0) is 22.4 Å². The second kappa shape index (κ2) is 16.6. The lowest BCUT2D eigenvalue weighted by Crippen LogP contribution is -2.24. The number of hydrogen-bond acceptors (Lipinski definition) is 3. The third-order valence-electron chi connectivity index (χ3n) is 5.80. The average molecular weight is 463 g/mol. The van der Waals surface area contributed by atoms with Crippen molar-refractivity contribution in [2.24, 2.45) is 0 Å². The molecule has 2 N–H and O–H groups in total. The van der Waals surface area contributed by atoms with Gasteiger partial charge in [0.05, 0.1) is 0 Å². The van der Waals surface area contributed by atoms with Gasteiger partial charge in [-0.15, -0.1) is 0 Å². The first-order chi connectivity index (χ1) is 15.7. The minimum atomic E-state index is -0.698. The van der Waals surface area contributed by atoms with Crippen LogP contribution < -0.4 is 4.74 Å². The van der Waals surface area contributed by atoms with Gasteiger partial charge in [-0.1, -0.05) is 63.5 Å². The van der Waals surface area contributed by atoms with Crippen LogP contribution in [0.2, 0.25) is 0 Å². The lowest BCUT2D eigenvalue weighted by Gasteiger charge is -2.25. The monoisotopic (exact) mass is 462 g/mol. The van der Waals surface area contributed by atoms with Gasteiger partial charge in [0.15, 0.2) is 0 Å². The highest BCUT2D eigenvalue weighted by molar-refractivity contribution is 5.66. The van der Waals surface area contributed by atoms with Crippen LogP contribution in [0.4, 0.5) is 0 Å². The molecular weight excluding hydrogens is 416 g/mol. The Balaban J connectivity index is 2.49. The van der Waals surface area contributed by atoms with Crippen LogP contribution in [0.5, 0.6) is 5.75 Å². The molecule has 5 heteroatoms. The fraction of sp³-hybridized carbons (Fsp3) is 0.714. The van der Waals surface area contributed by atoms with Gasteiger partial charge in [-0.25, -0.2) is 0 Å². The average Bonchev–Trinajstić information content (AvgIpc) is 2.71. The molecule has 0 aliphatic rings. The van der Waals surface area contributed by atoms with Crippen LogP contribution >= 0.6 is 0 Å². The molecule has 0 fully saturated rings. The molecule has 5 nitrogen and oxygen atoms in total. The van der Waals surface area contributed by atoms with Crippen molar-refractivity contribution in [3.8, 4) is 5.75 Å². The number of aliphatic carboxylic acids is 2. The molecule has 0 unspecified atom stereocenters. The summed E-state index contributed by atoms with van der Waals surface area (Å²) in [6, 6.07) is 6.44. The maximum atomic E-state index is 10.6. The molecule has 0 amide bonds. The molecule has 0 atom stereocenters. The second-order valence-electron chi connectivity index (χ2n) is 10.1. The molecule has 0 bridgehead atoms. The van der Waals surface area contributed by atoms with Crippen LogP contribution in [0.1, 0.15) is 122 Å². The Morgan fingerprint density at radius 1 is 0.697 bits per heavy atom. The first kappa shape index (κ1) is 29.0. The highest BCUT2D eigenvalue weighted by Crippen LogP contribution is 2.29. The largest absolute Gasteiger partial charge is 0.488 e. The van der Waals surface area contributed by atoms with E-state index in [0.717, 1.165) is 89.2 Å². The van der Waals surface area contributed by atoms with Gasteiger partial charge in [-0.05, 0) is 76.5 Å². The van der Waals surface area contributed by atoms with Crippen LogP contribution in [0.25, 0.3) is 0 Å². The van der Waals surface area contributed by atoms with Crippen molar-refractivity contribution in [1.82, 2.24) is 0 Å². The number of hydrogen-bond donors (Lipinski definition) is 2. The second-order valence-corrected chi connectivity index (χ2v) is 10.1. The molecule has 1 rings (SSSR count). The molecule has 0 heterocycles. The molecule has 1 aromatic rings. The van der Waals surface area contributed by atoms with Gasteiger partial charge in [0.1, 0.15) is 11.4 Å². The minimum Gasteiger partial charge on any atom is -0.488 e. The van der Waals surface area contributed by atoms with Crippen LogP contribution in [-0.4, -0.2) is 27.8 Å². The van der Waals surface area contributed by atoms with E-state index in [4.69, 9.17) is 14.9 Å². The number of unbranched alkanes of at least 4 members (excludes halogenated alkanes) is 10. The Hall–Kier alpha value is -2.04. The summed E-state index contributed by atoms with van der Waals surface area (Å²) in [4.78, 5) is 21.2. The summed E-state index contributed by atoms with van der Waals surface area (Å²) in [5.74, 6) is -0.385. The van der Waals surface area contributed by atoms with Crippen LogP contribution in [0.3, 0.4) is 0 Å². The number of carbonyl (C=O) groups is 2. The maximum absolute atomic E-state index is 10.6. The summed E-state index contributed by atoms with van der Waals surface area (Å²) < 4.78 is 6.29. The Labute approximate surface area is 200 Å². The number of ether oxygens (including phenoxy) is 1. The van der Waals surface area contributed by atoms with E-state index in [1.165, 1.54) is 17.5 Å². The summed E-state index contributed by atoms with van der Waals surface area (Å²) in [6.07, 6.45) is 15.3. The van der Waals surface area contributed by atoms with E-state index in [1.807, 2.05) is 0 Å². The summed E-state index contributed by atoms with van der Waals surface area (Å²) in [5, 5.41) is 17.4. The first-order valence-electron chi connectivity index (χ1n) is 12.9. The maximum Gasteiger partial charge on any atom is 0.303 e. The third-order valence-corrected chi connectivity index (χ3v) is 5.80. The van der Waals surface area contributed by atoms with Gasteiger partial charge < -0.3 is 14.9 Å². The standard InChI is InChI=1S/C28H46O5/c1-28(2,3)33-25-20-16-18-23(17-12-8-4-6-10-14-21-26(29)30)24(25)19-13-9-5-7-11-15-22-27(31)32/h16,18,20H,4-15,17,19,21-22H2,1-3H3,(H,29,30)(H,31,32). The van der Waals surface area contributed by atoms with Crippen molar-refractivity contribution in [1.29, 1.82) is 0 Å². The zero-order valence-electron chi connectivity index (χ0n) is 21.2. The van der Waals surface area contributed by atoms with Crippen molar-refractivity contribution in [2.75, 3.05) is 0 Å². The summed E-state index contributed by atoms with van der Waals surface area (Å²) in [5.41, 5.74) is 2.51. The van der Waals surface area contributed by atoms with Crippen molar-refractivity contribution in [3.63, 3.8) is 0 Å². The first-order valence-corrected chi connectivity index (χ1v) is 12.9. The molecular formula is C28H46O5. The Morgan fingerprint density at radius 2 is 1.15 bits per heavy atom. The zero-order chi connectivity index (χ0) is 24.5. The lowest BCUT2D eigenvalue weighted by atomic mass is 9.95. The topological polar surface area (TPSA) is 83.8 Å². The Kier molecular flexibility index (Phi) is 14.5. The lowest BCUT2D eigenvalue weighted by molar-refractivity contribution is -0.138. The predicted octanol–water partition coefficient (Wildman–Crippen LogP) is 7.58. The van der Waals surface area contributed by atoms with Crippen molar-refractivity contribution >= 4 is 11.9 Å². The van der Waals surface area contributed by atoms with Crippen molar-refractivity contribution < 1.29 is 24.5 Å². The smallest absolute Gasteiger partial charge is 0.303 e. The minimum absolute atomic E-state index is 0.229. The third kappa shape index (κ3) is 15.4. The highest BCUT2D eigenvalue weighted by Gasteiger charge is 2.16. The molecule has 0 spiro atoms. The van der Waals surface area contributed by atoms with E-state index in [1.54, 1.807) is 0 Å². The molecule has 0 aliphatic heterocycles. The SMILES string of the molecule is CC(C)(C)Oc1cccc(CCCCCCCCC(=O)O)c1CCCCCCCCC(=O)O. The van der Waals surface area contributed by atoms with Crippen LogP contribution in [0, 0.1) is 0 Å². The molecule has 0 saturated heterocycles. The number of rotatable bonds is 19. The number of carboxylic acid groups (broad SMARTS) is 2. The van der Waals surface area contributed by atoms with E-state index in [0.29, 0.717) is 0 Å². The van der Waals surface area contributed by atoms with Crippen molar-refractivity contribution in [3.05, 3.63) is 29.3 Å². The van der Waals surface area contributed by atoms with Gasteiger partial charge in [-0.3, -0.25) is 9.59 Å². The molecule has 0 radical (unpaired) electrons. The fourth-order valence-corrected chi connectivity index (χ4v) is 4.14. The zero-order valence-corrected chi connectivity index (χ0v) is 21.2. The molecule has 188 valence electrons. The fourth-order valence-electron chi connectivity index (χ4n) is 4.14. The van der Waals surface area contributed by atoms with Gasteiger partial charge in [0, 0.05) is 12.8 Å². The van der Waals surface area contributed by atoms with Gasteiger partial charge in [0.25, 0.3) is 0 Å². The van der Waals surface area contributed by atoms with E-state index in [2.05, 4.69) is 39.0 Å². The number of benzene rings is 1. The number of carboxylic acids is 2.